The fraction of sp³-hybridized carbons (Fsp3) is 0.333. The van der Waals surface area contributed by atoms with Gasteiger partial charge >= 0.3 is 12.0 Å². The molecule has 0 bridgehead atoms. The van der Waals surface area contributed by atoms with Crippen LogP contribution in [0.4, 0.5) is 20.6 Å². The molecule has 0 radical (unpaired) electrons. The van der Waals surface area contributed by atoms with E-state index in [1.165, 1.54) is 0 Å². The van der Waals surface area contributed by atoms with E-state index in [2.05, 4.69) is 5.32 Å². The number of nitro benzene ring substituents is 1. The maximum absolute atomic E-state index is 13.3. The van der Waals surface area contributed by atoms with Gasteiger partial charge in [0.05, 0.1) is 16.7 Å². The summed E-state index contributed by atoms with van der Waals surface area (Å²) in [5.41, 5.74) is -0.593. The molecule has 1 aromatic rings. The zero-order valence-electron chi connectivity index (χ0n) is 10.8. The van der Waals surface area contributed by atoms with Crippen molar-refractivity contribution in [3.8, 4) is 0 Å². The number of amides is 2. The van der Waals surface area contributed by atoms with Gasteiger partial charge in [-0.1, -0.05) is 0 Å². The van der Waals surface area contributed by atoms with Crippen LogP contribution in [-0.4, -0.2) is 39.5 Å². The van der Waals surface area contributed by atoms with E-state index in [9.17, 15) is 24.1 Å². The molecular weight excluding hydrogens is 285 g/mol. The van der Waals surface area contributed by atoms with E-state index in [1.54, 1.807) is 0 Å². The second kappa shape index (κ2) is 5.73. The third-order valence-corrected chi connectivity index (χ3v) is 3.14. The summed E-state index contributed by atoms with van der Waals surface area (Å²) in [7, 11) is 0. The number of nitrogens with zero attached hydrogens (tertiary/aromatic N) is 2. The van der Waals surface area contributed by atoms with Gasteiger partial charge in [0.2, 0.25) is 0 Å². The van der Waals surface area contributed by atoms with Gasteiger partial charge in [-0.2, -0.15) is 0 Å². The molecule has 0 aromatic heterocycles. The fourth-order valence-corrected chi connectivity index (χ4v) is 2.21. The van der Waals surface area contributed by atoms with Gasteiger partial charge < -0.3 is 15.3 Å². The highest BCUT2D eigenvalue weighted by molar-refractivity contribution is 5.93. The first-order valence-electron chi connectivity index (χ1n) is 6.14. The van der Waals surface area contributed by atoms with Crippen LogP contribution >= 0.6 is 0 Å². The molecular formula is C12H12FN3O5. The van der Waals surface area contributed by atoms with Crippen LogP contribution in [-0.2, 0) is 4.79 Å². The van der Waals surface area contributed by atoms with Crippen LogP contribution in [0.25, 0.3) is 0 Å². The molecule has 1 aliphatic rings. The molecule has 1 aromatic carbocycles. The summed E-state index contributed by atoms with van der Waals surface area (Å²) in [6, 6.07) is 1.00. The van der Waals surface area contributed by atoms with Gasteiger partial charge in [0.25, 0.3) is 5.69 Å². The molecule has 0 saturated carbocycles. The van der Waals surface area contributed by atoms with E-state index in [0.29, 0.717) is 12.8 Å². The van der Waals surface area contributed by atoms with E-state index in [4.69, 9.17) is 5.11 Å². The van der Waals surface area contributed by atoms with Crippen LogP contribution in [0.1, 0.15) is 12.8 Å². The van der Waals surface area contributed by atoms with Crippen molar-refractivity contribution in [2.45, 2.75) is 18.9 Å². The maximum Gasteiger partial charge on any atom is 0.326 e. The van der Waals surface area contributed by atoms with Gasteiger partial charge in [0.15, 0.2) is 0 Å². The van der Waals surface area contributed by atoms with Crippen molar-refractivity contribution in [1.82, 2.24) is 4.90 Å². The SMILES string of the molecule is O=C(O)[C@@H]1CCCN1C(=O)Nc1cc(F)cc([N+](=O)[O-])c1. The van der Waals surface area contributed by atoms with E-state index in [0.717, 1.165) is 23.1 Å². The molecule has 112 valence electrons. The summed E-state index contributed by atoms with van der Waals surface area (Å²) in [6.45, 7) is 0.264. The predicted octanol–water partition coefficient (Wildman–Crippen LogP) is 1.81. The Morgan fingerprint density at radius 2 is 2.14 bits per heavy atom. The van der Waals surface area contributed by atoms with Crippen molar-refractivity contribution in [3.63, 3.8) is 0 Å². The number of aliphatic carboxylic acids is 1. The first-order chi connectivity index (χ1) is 9.88. The number of hydrogen-bond acceptors (Lipinski definition) is 4. The zero-order valence-corrected chi connectivity index (χ0v) is 10.8. The van der Waals surface area contributed by atoms with E-state index < -0.39 is 34.5 Å². The lowest BCUT2D eigenvalue weighted by Crippen LogP contribution is -2.42. The number of halogens is 1. The average Bonchev–Trinajstić information content (AvgIpc) is 2.87. The lowest BCUT2D eigenvalue weighted by atomic mass is 10.2. The third-order valence-electron chi connectivity index (χ3n) is 3.14. The summed E-state index contributed by atoms with van der Waals surface area (Å²) in [5, 5.41) is 21.9. The molecule has 9 heteroatoms. The second-order valence-corrected chi connectivity index (χ2v) is 4.58. The maximum atomic E-state index is 13.3. The number of nitro groups is 1. The van der Waals surface area contributed by atoms with Crippen molar-refractivity contribution >= 4 is 23.4 Å². The van der Waals surface area contributed by atoms with Crippen molar-refractivity contribution in [2.75, 3.05) is 11.9 Å². The van der Waals surface area contributed by atoms with Crippen molar-refractivity contribution in [1.29, 1.82) is 0 Å². The summed E-state index contributed by atoms with van der Waals surface area (Å²) in [4.78, 5) is 33.9. The molecule has 1 heterocycles. The fourth-order valence-electron chi connectivity index (χ4n) is 2.21. The van der Waals surface area contributed by atoms with Gasteiger partial charge in [0.1, 0.15) is 11.9 Å². The number of urea groups is 1. The Balaban J connectivity index is 2.16. The Morgan fingerprint density at radius 3 is 2.76 bits per heavy atom. The minimum atomic E-state index is -1.12. The Hall–Kier alpha value is -2.71. The predicted molar refractivity (Wildman–Crippen MR) is 69.4 cm³/mol. The van der Waals surface area contributed by atoms with Gasteiger partial charge in [-0.15, -0.1) is 0 Å². The molecule has 1 saturated heterocycles. The number of likely N-dealkylation sites (tertiary alicyclic amines) is 1. The van der Waals surface area contributed by atoms with Crippen LogP contribution in [0.5, 0.6) is 0 Å². The Morgan fingerprint density at radius 1 is 1.43 bits per heavy atom. The molecule has 8 nitrogen and oxygen atoms in total. The highest BCUT2D eigenvalue weighted by Gasteiger charge is 2.34. The highest BCUT2D eigenvalue weighted by atomic mass is 19.1. The standard InChI is InChI=1S/C12H12FN3O5/c13-7-4-8(6-9(5-7)16(20)21)14-12(19)15-3-1-2-10(15)11(17)18/h4-6,10H,1-3H2,(H,14,19)(H,17,18)/t10-/m0/s1. The summed E-state index contributed by atoms with van der Waals surface area (Å²) in [5.74, 6) is -1.98. The highest BCUT2D eigenvalue weighted by Crippen LogP contribution is 2.22. The summed E-state index contributed by atoms with van der Waals surface area (Å²) < 4.78 is 13.3. The quantitative estimate of drug-likeness (QED) is 0.652. The largest absolute Gasteiger partial charge is 0.480 e. The summed E-state index contributed by atoms with van der Waals surface area (Å²) in [6.07, 6.45) is 0.889. The Kier molecular flexibility index (Phi) is 4.01. The van der Waals surface area contributed by atoms with Gasteiger partial charge in [-0.3, -0.25) is 10.1 Å². The second-order valence-electron chi connectivity index (χ2n) is 4.58. The molecule has 1 atom stereocenters. The number of carboxylic acid groups (broad SMARTS) is 1. The molecule has 2 rings (SSSR count). The van der Waals surface area contributed by atoms with E-state index >= 15 is 0 Å². The number of carboxylic acids is 1. The lowest BCUT2D eigenvalue weighted by molar-refractivity contribution is -0.385. The lowest BCUT2D eigenvalue weighted by Gasteiger charge is -2.21. The minimum absolute atomic E-state index is 0.0947. The van der Waals surface area contributed by atoms with Crippen molar-refractivity contribution in [2.24, 2.45) is 0 Å². The van der Waals surface area contributed by atoms with Gasteiger partial charge in [-0.05, 0) is 18.9 Å². The minimum Gasteiger partial charge on any atom is -0.480 e. The van der Waals surface area contributed by atoms with Crippen LogP contribution in [0.2, 0.25) is 0 Å². The Bertz CT molecular complexity index is 607. The van der Waals surface area contributed by atoms with Crippen LogP contribution in [0.3, 0.4) is 0 Å². The molecule has 1 fully saturated rings. The van der Waals surface area contributed by atoms with Crippen LogP contribution in [0, 0.1) is 15.9 Å². The topological polar surface area (TPSA) is 113 Å². The first kappa shape index (κ1) is 14.7. The van der Waals surface area contributed by atoms with E-state index in [-0.39, 0.29) is 12.2 Å². The monoisotopic (exact) mass is 297 g/mol. The molecule has 1 aliphatic heterocycles. The number of nitrogens with one attached hydrogen (secondary N) is 1. The molecule has 2 amide bonds. The van der Waals surface area contributed by atoms with Crippen molar-refractivity contribution < 1.29 is 24.0 Å². The number of carbonyl (C=O) groups excluding carboxylic acids is 1. The molecule has 0 aliphatic carbocycles. The van der Waals surface area contributed by atoms with Gasteiger partial charge in [0, 0.05) is 12.6 Å². The van der Waals surface area contributed by atoms with Gasteiger partial charge in [-0.25, -0.2) is 14.0 Å². The number of hydrogen-bond donors (Lipinski definition) is 2. The average molecular weight is 297 g/mol. The Labute approximate surface area is 118 Å². The molecule has 21 heavy (non-hydrogen) atoms. The number of anilines is 1. The zero-order chi connectivity index (χ0) is 15.6. The number of non-ortho nitro benzene ring substituents is 1. The summed E-state index contributed by atoms with van der Waals surface area (Å²) >= 11 is 0. The third kappa shape index (κ3) is 3.25. The van der Waals surface area contributed by atoms with Crippen molar-refractivity contribution in [3.05, 3.63) is 34.1 Å². The first-order valence-corrected chi connectivity index (χ1v) is 6.14. The van der Waals surface area contributed by atoms with Crippen LogP contribution in [0.15, 0.2) is 18.2 Å². The molecule has 0 unspecified atom stereocenters. The number of benzene rings is 1. The van der Waals surface area contributed by atoms with E-state index in [1.807, 2.05) is 0 Å². The molecule has 2 N–H and O–H groups in total. The normalized spacial score (nSPS) is 17.6. The number of carbonyl (C=O) groups is 2. The molecule has 0 spiro atoms. The van der Waals surface area contributed by atoms with Crippen LogP contribution < -0.4 is 5.32 Å². The smallest absolute Gasteiger partial charge is 0.326 e. The number of rotatable bonds is 3.